The summed E-state index contributed by atoms with van der Waals surface area (Å²) in [4.78, 5) is 0. The molecule has 0 aliphatic rings. The lowest BCUT2D eigenvalue weighted by Gasteiger charge is -2.19. The highest BCUT2D eigenvalue weighted by Crippen LogP contribution is 2.34. The number of likely N-dealkylation sites (N-methyl/N-ethyl adjacent to an activating group) is 1. The molecule has 0 aromatic heterocycles. The maximum absolute atomic E-state index is 6.02. The van der Waals surface area contributed by atoms with Crippen molar-refractivity contribution in [3.8, 4) is 5.75 Å². The van der Waals surface area contributed by atoms with Crippen LogP contribution in [0.4, 0.5) is 0 Å². The molecule has 1 rings (SSSR count). The van der Waals surface area contributed by atoms with Gasteiger partial charge in [0.05, 0.1) is 21.7 Å². The van der Waals surface area contributed by atoms with Crippen LogP contribution in [0, 0.1) is 0 Å². The molecule has 1 aromatic carbocycles. The van der Waals surface area contributed by atoms with E-state index in [0.717, 1.165) is 0 Å². The van der Waals surface area contributed by atoms with E-state index < -0.39 is 0 Å². The van der Waals surface area contributed by atoms with Gasteiger partial charge in [-0.25, -0.2) is 0 Å². The zero-order valence-electron chi connectivity index (χ0n) is 9.60. The van der Waals surface area contributed by atoms with Crippen LogP contribution in [0.3, 0.4) is 0 Å². The van der Waals surface area contributed by atoms with Gasteiger partial charge in [-0.2, -0.15) is 0 Å². The zero-order chi connectivity index (χ0) is 12.8. The quantitative estimate of drug-likeness (QED) is 0.818. The predicted molar refractivity (Wildman–Crippen MR) is 71.7 cm³/mol. The molecule has 96 valence electrons. The Hall–Kier alpha value is -0.190. The van der Waals surface area contributed by atoms with Crippen molar-refractivity contribution < 1.29 is 9.47 Å². The summed E-state index contributed by atoms with van der Waals surface area (Å²) in [7, 11) is 3.45. The Balaban J connectivity index is 2.81. The van der Waals surface area contributed by atoms with Crippen molar-refractivity contribution in [2.24, 2.45) is 0 Å². The van der Waals surface area contributed by atoms with E-state index in [1.54, 1.807) is 19.2 Å². The van der Waals surface area contributed by atoms with E-state index in [2.05, 4.69) is 5.32 Å². The van der Waals surface area contributed by atoms with Gasteiger partial charge in [-0.3, -0.25) is 0 Å². The molecule has 1 atom stereocenters. The van der Waals surface area contributed by atoms with Gasteiger partial charge in [-0.05, 0) is 13.1 Å². The molecule has 0 aliphatic heterocycles. The third-order valence-electron chi connectivity index (χ3n) is 2.05. The van der Waals surface area contributed by atoms with Crippen molar-refractivity contribution in [1.29, 1.82) is 0 Å². The lowest BCUT2D eigenvalue weighted by Crippen LogP contribution is -2.33. The lowest BCUT2D eigenvalue weighted by atomic mass is 10.3. The Labute approximate surface area is 116 Å². The van der Waals surface area contributed by atoms with E-state index in [-0.39, 0.29) is 6.10 Å². The number of hydrogen-bond acceptors (Lipinski definition) is 3. The number of benzene rings is 1. The SMILES string of the molecule is CNCC(COC)Oc1cc(Cl)c(Cl)cc1Cl. The fraction of sp³-hybridized carbons (Fsp3) is 0.455. The molecule has 1 N–H and O–H groups in total. The number of hydrogen-bond donors (Lipinski definition) is 1. The minimum absolute atomic E-state index is 0.139. The summed E-state index contributed by atoms with van der Waals surface area (Å²) in [5.74, 6) is 0.498. The molecule has 17 heavy (non-hydrogen) atoms. The average molecular weight is 299 g/mol. The number of nitrogens with one attached hydrogen (secondary N) is 1. The smallest absolute Gasteiger partial charge is 0.140 e. The third kappa shape index (κ3) is 4.53. The normalized spacial score (nSPS) is 12.5. The first-order chi connectivity index (χ1) is 8.08. The molecule has 3 nitrogen and oxygen atoms in total. The second-order valence-corrected chi connectivity index (χ2v) is 4.67. The highest BCUT2D eigenvalue weighted by atomic mass is 35.5. The molecule has 0 fully saturated rings. The van der Waals surface area contributed by atoms with E-state index >= 15 is 0 Å². The fourth-order valence-electron chi connectivity index (χ4n) is 1.32. The van der Waals surface area contributed by atoms with Crippen LogP contribution in [0.1, 0.15) is 0 Å². The maximum atomic E-state index is 6.02. The van der Waals surface area contributed by atoms with Crippen LogP contribution in [-0.2, 0) is 4.74 Å². The molecule has 0 saturated carbocycles. The molecule has 1 aromatic rings. The highest BCUT2D eigenvalue weighted by Gasteiger charge is 2.13. The van der Waals surface area contributed by atoms with Crippen LogP contribution in [0.15, 0.2) is 12.1 Å². The van der Waals surface area contributed by atoms with Gasteiger partial charge in [-0.1, -0.05) is 34.8 Å². The third-order valence-corrected chi connectivity index (χ3v) is 3.07. The van der Waals surface area contributed by atoms with Crippen LogP contribution < -0.4 is 10.1 Å². The summed E-state index contributed by atoms with van der Waals surface area (Å²) in [5, 5.41) is 4.25. The van der Waals surface area contributed by atoms with Crippen LogP contribution >= 0.6 is 34.8 Å². The van der Waals surface area contributed by atoms with Crippen LogP contribution in [0.25, 0.3) is 0 Å². The summed E-state index contributed by atoms with van der Waals surface area (Å²) in [5.41, 5.74) is 0. The van der Waals surface area contributed by atoms with E-state index in [1.807, 2.05) is 7.05 Å². The number of ether oxygens (including phenoxy) is 2. The van der Waals surface area contributed by atoms with Gasteiger partial charge in [0.15, 0.2) is 0 Å². The van der Waals surface area contributed by atoms with Crippen molar-refractivity contribution in [3.63, 3.8) is 0 Å². The van der Waals surface area contributed by atoms with Crippen molar-refractivity contribution in [2.75, 3.05) is 27.3 Å². The molecule has 0 heterocycles. The standard InChI is InChI=1S/C11H14Cl3NO2/c1-15-5-7(6-16-2)17-11-4-9(13)8(12)3-10(11)14/h3-4,7,15H,5-6H2,1-2H3. The average Bonchev–Trinajstić information content (AvgIpc) is 2.26. The molecular formula is C11H14Cl3NO2. The van der Waals surface area contributed by atoms with Crippen molar-refractivity contribution in [1.82, 2.24) is 5.32 Å². The Kier molecular flexibility index (Phi) is 6.38. The summed E-state index contributed by atoms with van der Waals surface area (Å²) in [6, 6.07) is 3.16. The molecule has 1 unspecified atom stereocenters. The molecular weight excluding hydrogens is 284 g/mol. The maximum Gasteiger partial charge on any atom is 0.140 e. The Morgan fingerprint density at radius 3 is 2.41 bits per heavy atom. The van der Waals surface area contributed by atoms with Crippen LogP contribution in [0.2, 0.25) is 15.1 Å². The van der Waals surface area contributed by atoms with E-state index in [0.29, 0.717) is 34.0 Å². The Bertz CT molecular complexity index is 368. The minimum atomic E-state index is -0.139. The van der Waals surface area contributed by atoms with Gasteiger partial charge in [0.25, 0.3) is 0 Å². The van der Waals surface area contributed by atoms with Crippen LogP contribution in [-0.4, -0.2) is 33.4 Å². The van der Waals surface area contributed by atoms with Crippen molar-refractivity contribution in [3.05, 3.63) is 27.2 Å². The topological polar surface area (TPSA) is 30.5 Å². The first kappa shape index (κ1) is 14.9. The van der Waals surface area contributed by atoms with Gasteiger partial charge in [-0.15, -0.1) is 0 Å². The van der Waals surface area contributed by atoms with E-state index in [4.69, 9.17) is 44.3 Å². The fourth-order valence-corrected chi connectivity index (χ4v) is 1.90. The summed E-state index contributed by atoms with van der Waals surface area (Å²) < 4.78 is 10.8. The second kappa shape index (κ2) is 7.29. The predicted octanol–water partition coefficient (Wildman–Crippen LogP) is 3.26. The summed E-state index contributed by atoms with van der Waals surface area (Å²) in [6.07, 6.45) is -0.139. The monoisotopic (exact) mass is 297 g/mol. The largest absolute Gasteiger partial charge is 0.485 e. The Morgan fingerprint density at radius 1 is 1.18 bits per heavy atom. The minimum Gasteiger partial charge on any atom is -0.485 e. The van der Waals surface area contributed by atoms with Crippen LogP contribution in [0.5, 0.6) is 5.75 Å². The van der Waals surface area contributed by atoms with Gasteiger partial charge in [0.1, 0.15) is 11.9 Å². The van der Waals surface area contributed by atoms with E-state index in [1.165, 1.54) is 0 Å². The molecule has 0 aliphatic carbocycles. The van der Waals surface area contributed by atoms with Crippen molar-refractivity contribution in [2.45, 2.75) is 6.10 Å². The number of halogens is 3. The first-order valence-corrected chi connectivity index (χ1v) is 6.16. The molecule has 0 amide bonds. The number of rotatable bonds is 6. The summed E-state index contributed by atoms with van der Waals surface area (Å²) in [6.45, 7) is 1.10. The highest BCUT2D eigenvalue weighted by molar-refractivity contribution is 6.43. The second-order valence-electron chi connectivity index (χ2n) is 3.45. The molecule has 0 radical (unpaired) electrons. The van der Waals surface area contributed by atoms with Gasteiger partial charge >= 0.3 is 0 Å². The number of methoxy groups -OCH3 is 1. The molecule has 0 saturated heterocycles. The molecule has 6 heteroatoms. The lowest BCUT2D eigenvalue weighted by molar-refractivity contribution is 0.0819. The molecule has 0 spiro atoms. The zero-order valence-corrected chi connectivity index (χ0v) is 11.9. The summed E-state index contributed by atoms with van der Waals surface area (Å²) >= 11 is 17.8. The first-order valence-electron chi connectivity index (χ1n) is 5.03. The molecule has 0 bridgehead atoms. The van der Waals surface area contributed by atoms with Gasteiger partial charge in [0.2, 0.25) is 0 Å². The Morgan fingerprint density at radius 2 is 1.82 bits per heavy atom. The van der Waals surface area contributed by atoms with Gasteiger partial charge < -0.3 is 14.8 Å². The van der Waals surface area contributed by atoms with Crippen molar-refractivity contribution >= 4 is 34.8 Å². The van der Waals surface area contributed by atoms with Gasteiger partial charge in [0, 0.05) is 19.7 Å². The van der Waals surface area contributed by atoms with E-state index in [9.17, 15) is 0 Å².